The minimum absolute atomic E-state index is 0.101. The van der Waals surface area contributed by atoms with Crippen LogP contribution < -0.4 is 14.6 Å². The monoisotopic (exact) mass is 393 g/mol. The molecule has 4 rings (SSSR count). The van der Waals surface area contributed by atoms with Crippen LogP contribution in [0.4, 0.5) is 11.4 Å². The summed E-state index contributed by atoms with van der Waals surface area (Å²) in [6.07, 6.45) is 0. The predicted octanol–water partition coefficient (Wildman–Crippen LogP) is 1.91. The molecule has 0 radical (unpaired) electrons. The molecule has 8 heteroatoms. The molecule has 8 nitrogen and oxygen atoms in total. The van der Waals surface area contributed by atoms with Gasteiger partial charge in [-0.1, -0.05) is 29.8 Å². The standard InChI is InChI=1S/C21H19N3O5/c1-12-8-10-13(11-9-12)23-19(25)16-17(21(27)29-3)22-24(18(16)20(23)26)14-6-4-5-7-15(14)28-2/h4-11,16,18H,1-3H3/t16-,18+/m0/s1. The lowest BCUT2D eigenvalue weighted by atomic mass is 9.97. The zero-order valence-corrected chi connectivity index (χ0v) is 16.2. The van der Waals surface area contributed by atoms with Gasteiger partial charge in [0.2, 0.25) is 5.91 Å². The normalized spacial score (nSPS) is 20.6. The number of para-hydroxylation sites is 2. The van der Waals surface area contributed by atoms with E-state index in [1.54, 1.807) is 36.4 Å². The van der Waals surface area contributed by atoms with Crippen molar-refractivity contribution < 1.29 is 23.9 Å². The number of carbonyl (C=O) groups excluding carboxylic acids is 3. The van der Waals surface area contributed by atoms with E-state index in [0.717, 1.165) is 10.5 Å². The fraction of sp³-hybridized carbons (Fsp3) is 0.238. The van der Waals surface area contributed by atoms with E-state index in [9.17, 15) is 14.4 Å². The van der Waals surface area contributed by atoms with Crippen molar-refractivity contribution in [1.82, 2.24) is 0 Å². The first-order chi connectivity index (χ1) is 14.0. The number of ether oxygens (including phenoxy) is 2. The SMILES string of the molecule is COC(=O)C1=NN(c2ccccc2OC)[C@H]2C(=O)N(c3ccc(C)cc3)C(=O)[C@@H]12. The van der Waals surface area contributed by atoms with Crippen LogP contribution in [-0.4, -0.2) is 43.8 Å². The van der Waals surface area contributed by atoms with Gasteiger partial charge in [0.05, 0.1) is 19.9 Å². The Kier molecular flexibility index (Phi) is 4.54. The number of benzene rings is 2. The maximum atomic E-state index is 13.3. The lowest BCUT2D eigenvalue weighted by Crippen LogP contribution is -2.39. The van der Waals surface area contributed by atoms with E-state index in [-0.39, 0.29) is 5.71 Å². The first-order valence-corrected chi connectivity index (χ1v) is 9.01. The summed E-state index contributed by atoms with van der Waals surface area (Å²) in [6, 6.07) is 13.0. The number of rotatable bonds is 4. The van der Waals surface area contributed by atoms with Gasteiger partial charge in [0, 0.05) is 0 Å². The van der Waals surface area contributed by atoms with E-state index >= 15 is 0 Å². The first-order valence-electron chi connectivity index (χ1n) is 9.01. The van der Waals surface area contributed by atoms with Crippen LogP contribution in [0.25, 0.3) is 0 Å². The average molecular weight is 393 g/mol. The molecule has 0 saturated carbocycles. The highest BCUT2D eigenvalue weighted by atomic mass is 16.5. The lowest BCUT2D eigenvalue weighted by molar-refractivity contribution is -0.133. The summed E-state index contributed by atoms with van der Waals surface area (Å²) in [5.41, 5.74) is 1.83. The Morgan fingerprint density at radius 2 is 1.69 bits per heavy atom. The molecule has 1 saturated heterocycles. The zero-order chi connectivity index (χ0) is 20.7. The van der Waals surface area contributed by atoms with Crippen molar-refractivity contribution in [2.75, 3.05) is 24.1 Å². The largest absolute Gasteiger partial charge is 0.495 e. The summed E-state index contributed by atoms with van der Waals surface area (Å²) >= 11 is 0. The van der Waals surface area contributed by atoms with Gasteiger partial charge in [0.15, 0.2) is 5.71 Å². The molecule has 0 aliphatic carbocycles. The number of methoxy groups -OCH3 is 2. The summed E-state index contributed by atoms with van der Waals surface area (Å²) in [6.45, 7) is 1.91. The van der Waals surface area contributed by atoms with Crippen molar-refractivity contribution in [3.05, 3.63) is 54.1 Å². The molecule has 2 aromatic rings. The van der Waals surface area contributed by atoms with E-state index in [1.165, 1.54) is 19.2 Å². The molecule has 0 unspecified atom stereocenters. The van der Waals surface area contributed by atoms with Crippen molar-refractivity contribution in [3.8, 4) is 5.75 Å². The number of hydrogen-bond acceptors (Lipinski definition) is 7. The smallest absolute Gasteiger partial charge is 0.355 e. The van der Waals surface area contributed by atoms with Gasteiger partial charge >= 0.3 is 5.97 Å². The quantitative estimate of drug-likeness (QED) is 0.582. The molecule has 2 aliphatic heterocycles. The third-order valence-corrected chi connectivity index (χ3v) is 5.07. The second-order valence-corrected chi connectivity index (χ2v) is 6.76. The van der Waals surface area contributed by atoms with Gasteiger partial charge in [0.1, 0.15) is 23.4 Å². The molecule has 2 amide bonds. The van der Waals surface area contributed by atoms with Crippen LogP contribution in [0.1, 0.15) is 5.56 Å². The number of hydrazone groups is 1. The Bertz CT molecular complexity index is 1030. The Morgan fingerprint density at radius 1 is 1.00 bits per heavy atom. The van der Waals surface area contributed by atoms with E-state index in [4.69, 9.17) is 9.47 Å². The summed E-state index contributed by atoms with van der Waals surface area (Å²) in [5, 5.41) is 5.67. The third-order valence-electron chi connectivity index (χ3n) is 5.07. The van der Waals surface area contributed by atoms with Crippen LogP contribution in [0.5, 0.6) is 5.75 Å². The molecule has 2 aliphatic rings. The van der Waals surface area contributed by atoms with Crippen LogP contribution in [0.2, 0.25) is 0 Å². The highest BCUT2D eigenvalue weighted by Gasteiger charge is 2.59. The van der Waals surface area contributed by atoms with Gasteiger partial charge in [-0.15, -0.1) is 0 Å². The van der Waals surface area contributed by atoms with Gasteiger partial charge in [-0.05, 0) is 31.2 Å². The Labute approximate surface area is 167 Å². The minimum Gasteiger partial charge on any atom is -0.495 e. The van der Waals surface area contributed by atoms with Gasteiger partial charge in [-0.25, -0.2) is 14.7 Å². The van der Waals surface area contributed by atoms with Crippen molar-refractivity contribution in [1.29, 1.82) is 0 Å². The molecular formula is C21H19N3O5. The average Bonchev–Trinajstić information content (AvgIpc) is 3.25. The zero-order valence-electron chi connectivity index (χ0n) is 16.2. The van der Waals surface area contributed by atoms with E-state index < -0.39 is 29.7 Å². The maximum Gasteiger partial charge on any atom is 0.355 e. The van der Waals surface area contributed by atoms with Crippen molar-refractivity contribution >= 4 is 34.9 Å². The number of nitrogens with zero attached hydrogens (tertiary/aromatic N) is 3. The van der Waals surface area contributed by atoms with Crippen molar-refractivity contribution in [2.24, 2.45) is 11.0 Å². The molecule has 0 spiro atoms. The molecular weight excluding hydrogens is 374 g/mol. The molecule has 2 heterocycles. The number of hydrogen-bond donors (Lipinski definition) is 0. The highest BCUT2D eigenvalue weighted by Crippen LogP contribution is 2.40. The Balaban J connectivity index is 1.83. The molecule has 1 fully saturated rings. The molecule has 29 heavy (non-hydrogen) atoms. The predicted molar refractivity (Wildman–Crippen MR) is 106 cm³/mol. The summed E-state index contributed by atoms with van der Waals surface area (Å²) in [5.74, 6) is -2.30. The van der Waals surface area contributed by atoms with Crippen LogP contribution >= 0.6 is 0 Å². The summed E-state index contributed by atoms with van der Waals surface area (Å²) in [4.78, 5) is 40.0. The molecule has 0 bridgehead atoms. The topological polar surface area (TPSA) is 88.5 Å². The van der Waals surface area contributed by atoms with Crippen LogP contribution in [0.3, 0.4) is 0 Å². The number of imide groups is 1. The fourth-order valence-corrected chi connectivity index (χ4v) is 3.65. The number of esters is 1. The van der Waals surface area contributed by atoms with Crippen LogP contribution in [0.15, 0.2) is 53.6 Å². The molecule has 0 aromatic heterocycles. The Morgan fingerprint density at radius 3 is 2.34 bits per heavy atom. The van der Waals surface area contributed by atoms with Crippen LogP contribution in [-0.2, 0) is 19.1 Å². The van der Waals surface area contributed by atoms with Crippen LogP contribution in [0, 0.1) is 12.8 Å². The number of carbonyl (C=O) groups is 3. The Hall–Kier alpha value is -3.68. The fourth-order valence-electron chi connectivity index (χ4n) is 3.65. The van der Waals surface area contributed by atoms with Gasteiger partial charge in [-0.3, -0.25) is 9.59 Å². The van der Waals surface area contributed by atoms with E-state index in [2.05, 4.69) is 5.10 Å². The lowest BCUT2D eigenvalue weighted by Gasteiger charge is -2.23. The van der Waals surface area contributed by atoms with Crippen molar-refractivity contribution in [3.63, 3.8) is 0 Å². The minimum atomic E-state index is -1.05. The second-order valence-electron chi connectivity index (χ2n) is 6.76. The first kappa shape index (κ1) is 18.7. The van der Waals surface area contributed by atoms with Gasteiger partial charge in [0.25, 0.3) is 5.91 Å². The maximum absolute atomic E-state index is 13.3. The summed E-state index contributed by atoms with van der Waals surface area (Å²) < 4.78 is 10.2. The van der Waals surface area contributed by atoms with E-state index in [0.29, 0.717) is 17.1 Å². The molecule has 2 atom stereocenters. The third kappa shape index (κ3) is 2.84. The van der Waals surface area contributed by atoms with Crippen molar-refractivity contribution in [2.45, 2.75) is 13.0 Å². The summed E-state index contributed by atoms with van der Waals surface area (Å²) in [7, 11) is 2.71. The molecule has 148 valence electrons. The van der Waals surface area contributed by atoms with Gasteiger partial charge < -0.3 is 9.47 Å². The van der Waals surface area contributed by atoms with E-state index in [1.807, 2.05) is 19.1 Å². The van der Waals surface area contributed by atoms with Gasteiger partial charge in [-0.2, -0.15) is 5.10 Å². The highest BCUT2D eigenvalue weighted by molar-refractivity contribution is 6.47. The second kappa shape index (κ2) is 7.05. The number of aryl methyl sites for hydroxylation is 1. The number of anilines is 2. The molecule has 2 aromatic carbocycles. The molecule has 0 N–H and O–H groups in total. The number of fused-ring (bicyclic) bond motifs is 1. The number of amides is 2.